The number of hydrogen-bond acceptors (Lipinski definition) is 5. The van der Waals surface area contributed by atoms with Crippen LogP contribution in [0, 0.1) is 0 Å². The minimum atomic E-state index is -0.342. The number of carbonyl (C=O) groups is 2. The van der Waals surface area contributed by atoms with Gasteiger partial charge in [-0.25, -0.2) is 0 Å². The Morgan fingerprint density at radius 1 is 0.739 bits per heavy atom. The van der Waals surface area contributed by atoms with Crippen LogP contribution >= 0.6 is 0 Å². The monoisotopic (exact) mass is 312 g/mol. The van der Waals surface area contributed by atoms with Crippen LogP contribution in [0.2, 0.25) is 0 Å². The topological polar surface area (TPSA) is 65.1 Å². The van der Waals surface area contributed by atoms with E-state index in [2.05, 4.69) is 0 Å². The lowest BCUT2D eigenvalue weighted by Crippen LogP contribution is -2.01. The summed E-state index contributed by atoms with van der Waals surface area (Å²) in [5.41, 5.74) is 2.05. The fraction of sp³-hybridized carbons (Fsp3) is 0.222. The molecule has 0 N–H and O–H groups in total. The number of benzene rings is 2. The zero-order valence-corrected chi connectivity index (χ0v) is 12.8. The van der Waals surface area contributed by atoms with Gasteiger partial charge in [0, 0.05) is 13.8 Å². The van der Waals surface area contributed by atoms with Gasteiger partial charge in [-0.3, -0.25) is 9.59 Å². The van der Waals surface area contributed by atoms with E-state index >= 15 is 0 Å². The summed E-state index contributed by atoms with van der Waals surface area (Å²) in [4.78, 5) is 21.8. The van der Waals surface area contributed by atoms with E-state index in [4.69, 9.17) is 14.2 Å². The SMILES string of the molecule is CC(=O)Oc1ccc(C2OC2c2ccc(OC(C)=O)cc2)cc1. The highest BCUT2D eigenvalue weighted by atomic mass is 16.6. The summed E-state index contributed by atoms with van der Waals surface area (Å²) in [5, 5.41) is 0. The summed E-state index contributed by atoms with van der Waals surface area (Å²) in [6, 6.07) is 14.5. The van der Waals surface area contributed by atoms with Crippen LogP contribution < -0.4 is 9.47 Å². The summed E-state index contributed by atoms with van der Waals surface area (Å²) >= 11 is 0. The number of ether oxygens (including phenoxy) is 3. The van der Waals surface area contributed by atoms with Crippen molar-refractivity contribution in [3.63, 3.8) is 0 Å². The van der Waals surface area contributed by atoms with Crippen molar-refractivity contribution in [2.75, 3.05) is 0 Å². The van der Waals surface area contributed by atoms with Gasteiger partial charge in [0.1, 0.15) is 23.7 Å². The van der Waals surface area contributed by atoms with Crippen LogP contribution in [0.15, 0.2) is 48.5 Å². The summed E-state index contributed by atoms with van der Waals surface area (Å²) in [6.45, 7) is 2.74. The Labute approximate surface area is 133 Å². The van der Waals surface area contributed by atoms with E-state index in [1.54, 1.807) is 24.3 Å². The maximum atomic E-state index is 10.9. The fourth-order valence-electron chi connectivity index (χ4n) is 2.40. The zero-order valence-electron chi connectivity index (χ0n) is 12.8. The molecular formula is C18H16O5. The average Bonchev–Trinajstić information content (AvgIpc) is 3.28. The molecule has 3 rings (SSSR count). The molecule has 2 atom stereocenters. The third-order valence-electron chi connectivity index (χ3n) is 3.43. The van der Waals surface area contributed by atoms with Crippen molar-refractivity contribution in [2.24, 2.45) is 0 Å². The Balaban J connectivity index is 1.64. The van der Waals surface area contributed by atoms with Gasteiger partial charge in [0.05, 0.1) is 0 Å². The lowest BCUT2D eigenvalue weighted by Gasteiger charge is -2.03. The molecule has 1 saturated heterocycles. The van der Waals surface area contributed by atoms with Gasteiger partial charge in [0.2, 0.25) is 0 Å². The fourth-order valence-corrected chi connectivity index (χ4v) is 2.40. The molecule has 0 radical (unpaired) electrons. The smallest absolute Gasteiger partial charge is 0.308 e. The van der Waals surface area contributed by atoms with Crippen LogP contribution in [0.25, 0.3) is 0 Å². The van der Waals surface area contributed by atoms with Gasteiger partial charge in [0.15, 0.2) is 0 Å². The third-order valence-corrected chi connectivity index (χ3v) is 3.43. The molecule has 5 heteroatoms. The molecule has 0 aliphatic carbocycles. The van der Waals surface area contributed by atoms with Gasteiger partial charge < -0.3 is 14.2 Å². The summed E-state index contributed by atoms with van der Waals surface area (Å²) in [6.07, 6.45) is -0.0260. The second-order valence-electron chi connectivity index (χ2n) is 5.30. The number of rotatable bonds is 4. The molecule has 2 unspecified atom stereocenters. The van der Waals surface area contributed by atoms with Crippen LogP contribution in [0.1, 0.15) is 37.2 Å². The first kappa shape index (κ1) is 15.2. The lowest BCUT2D eigenvalue weighted by molar-refractivity contribution is -0.132. The Bertz CT molecular complexity index is 655. The molecule has 0 aromatic heterocycles. The van der Waals surface area contributed by atoms with Crippen molar-refractivity contribution in [2.45, 2.75) is 26.1 Å². The van der Waals surface area contributed by atoms with Crippen molar-refractivity contribution in [3.8, 4) is 11.5 Å². The predicted molar refractivity (Wildman–Crippen MR) is 82.1 cm³/mol. The second kappa shape index (κ2) is 6.22. The maximum absolute atomic E-state index is 10.9. The number of carbonyl (C=O) groups excluding carboxylic acids is 2. The normalized spacial score (nSPS) is 19.0. The zero-order chi connectivity index (χ0) is 16.4. The van der Waals surface area contributed by atoms with Crippen molar-refractivity contribution in [1.29, 1.82) is 0 Å². The molecule has 2 aromatic rings. The van der Waals surface area contributed by atoms with E-state index in [9.17, 15) is 9.59 Å². The number of epoxide rings is 1. The molecule has 1 fully saturated rings. The minimum absolute atomic E-state index is 0.0130. The summed E-state index contributed by atoms with van der Waals surface area (Å²) in [7, 11) is 0. The molecule has 118 valence electrons. The van der Waals surface area contributed by atoms with Gasteiger partial charge in [-0.15, -0.1) is 0 Å². The van der Waals surface area contributed by atoms with E-state index in [1.165, 1.54) is 13.8 Å². The quantitative estimate of drug-likeness (QED) is 0.492. The molecule has 1 heterocycles. The van der Waals surface area contributed by atoms with E-state index in [0.29, 0.717) is 11.5 Å². The Morgan fingerprint density at radius 2 is 1.09 bits per heavy atom. The largest absolute Gasteiger partial charge is 0.427 e. The van der Waals surface area contributed by atoms with Gasteiger partial charge in [-0.05, 0) is 35.4 Å². The lowest BCUT2D eigenvalue weighted by atomic mass is 10.0. The highest BCUT2D eigenvalue weighted by molar-refractivity contribution is 5.69. The van der Waals surface area contributed by atoms with Gasteiger partial charge in [-0.2, -0.15) is 0 Å². The van der Waals surface area contributed by atoms with Crippen LogP contribution in [0.4, 0.5) is 0 Å². The third kappa shape index (κ3) is 3.76. The number of esters is 2. The minimum Gasteiger partial charge on any atom is -0.427 e. The Hall–Kier alpha value is -2.66. The van der Waals surface area contributed by atoms with Gasteiger partial charge in [-0.1, -0.05) is 24.3 Å². The van der Waals surface area contributed by atoms with Crippen molar-refractivity contribution in [3.05, 3.63) is 59.7 Å². The Kier molecular flexibility index (Phi) is 4.12. The van der Waals surface area contributed by atoms with Crippen molar-refractivity contribution < 1.29 is 23.8 Å². The molecule has 0 spiro atoms. The van der Waals surface area contributed by atoms with E-state index in [-0.39, 0.29) is 24.1 Å². The molecule has 1 aliphatic heterocycles. The molecule has 1 aliphatic rings. The molecule has 23 heavy (non-hydrogen) atoms. The highest BCUT2D eigenvalue weighted by Crippen LogP contribution is 2.51. The van der Waals surface area contributed by atoms with Crippen LogP contribution in [-0.2, 0) is 14.3 Å². The van der Waals surface area contributed by atoms with E-state index < -0.39 is 0 Å². The molecular weight excluding hydrogens is 296 g/mol. The predicted octanol–water partition coefficient (Wildman–Crippen LogP) is 3.35. The van der Waals surface area contributed by atoms with Crippen LogP contribution in [0.3, 0.4) is 0 Å². The molecule has 2 aromatic carbocycles. The first-order valence-electron chi connectivity index (χ1n) is 7.25. The standard InChI is InChI=1S/C18H16O5/c1-11(19)21-15-7-3-13(4-8-15)17-18(23-17)14-5-9-16(10-6-14)22-12(2)20/h3-10,17-18H,1-2H3. The van der Waals surface area contributed by atoms with Gasteiger partial charge >= 0.3 is 11.9 Å². The Morgan fingerprint density at radius 3 is 1.39 bits per heavy atom. The first-order valence-corrected chi connectivity index (χ1v) is 7.25. The highest BCUT2D eigenvalue weighted by Gasteiger charge is 2.41. The number of hydrogen-bond donors (Lipinski definition) is 0. The average molecular weight is 312 g/mol. The molecule has 0 bridgehead atoms. The van der Waals surface area contributed by atoms with Crippen molar-refractivity contribution >= 4 is 11.9 Å². The maximum Gasteiger partial charge on any atom is 0.308 e. The molecule has 0 amide bonds. The van der Waals surface area contributed by atoms with E-state index in [0.717, 1.165) is 11.1 Å². The van der Waals surface area contributed by atoms with E-state index in [1.807, 2.05) is 24.3 Å². The summed E-state index contributed by atoms with van der Waals surface area (Å²) in [5.74, 6) is 0.353. The van der Waals surface area contributed by atoms with Crippen LogP contribution in [-0.4, -0.2) is 11.9 Å². The van der Waals surface area contributed by atoms with Gasteiger partial charge in [0.25, 0.3) is 0 Å². The van der Waals surface area contributed by atoms with Crippen molar-refractivity contribution in [1.82, 2.24) is 0 Å². The van der Waals surface area contributed by atoms with Crippen LogP contribution in [0.5, 0.6) is 11.5 Å². The first-order chi connectivity index (χ1) is 11.0. The molecule has 0 saturated carbocycles. The summed E-state index contributed by atoms with van der Waals surface area (Å²) < 4.78 is 15.7. The molecule has 5 nitrogen and oxygen atoms in total. The second-order valence-corrected chi connectivity index (χ2v) is 5.30.